The maximum absolute atomic E-state index is 2.22. The molecule has 0 N–H and O–H groups in total. The Morgan fingerprint density at radius 3 is 0.655 bits per heavy atom. The second kappa shape index (κ2) is 29.4. The van der Waals surface area contributed by atoms with Crippen LogP contribution < -0.4 is 0 Å². The summed E-state index contributed by atoms with van der Waals surface area (Å²) in [5.74, 6) is 0. The minimum absolute atomic E-state index is 0. The first kappa shape index (κ1) is 70.5. The molecule has 29 heavy (non-hydrogen) atoms. The molecule has 0 nitrogen and oxygen atoms in total. The van der Waals surface area contributed by atoms with E-state index in [4.69, 9.17) is 0 Å². The third-order valence-electron chi connectivity index (χ3n) is 1.64. The Bertz CT molecular complexity index is 301. The lowest BCUT2D eigenvalue weighted by molar-refractivity contribution is 0.469. The molecule has 0 heteroatoms. The van der Waals surface area contributed by atoms with Crippen molar-refractivity contribution in [3.8, 4) is 0 Å². The fourth-order valence-electron chi connectivity index (χ4n) is 0.938. The zero-order valence-electron chi connectivity index (χ0n) is 15.9. The molecule has 1 aromatic carbocycles. The summed E-state index contributed by atoms with van der Waals surface area (Å²) in [7, 11) is 0. The third-order valence-corrected chi connectivity index (χ3v) is 1.64. The predicted octanol–water partition coefficient (Wildman–Crippen LogP) is 12.8. The highest BCUT2D eigenvalue weighted by atomic mass is 14.2. The smallest absolute Gasteiger partial charge is 0.0132 e. The molecule has 0 amide bonds. The molecule has 0 saturated heterocycles. The van der Waals surface area contributed by atoms with E-state index in [1.54, 1.807) is 0 Å². The molecule has 1 aromatic rings. The van der Waals surface area contributed by atoms with Crippen LogP contribution in [0.4, 0.5) is 0 Å². The standard InChI is InChI=1S/C10H14.2C5H12.9CH4/c1-10(2,3)9-7-5-4-6-8-9;2*1-5(2,3)4;;;;;;;;;/h4-8H,1-3H3;2*1-4H3;9*1H4. The number of rotatable bonds is 0. The molecule has 190 valence electrons. The number of hydrogen-bond donors (Lipinski definition) is 0. The summed E-state index contributed by atoms with van der Waals surface area (Å²) in [5.41, 5.74) is 2.69. The second-order valence-corrected chi connectivity index (χ2v) is 9.62. The van der Waals surface area contributed by atoms with E-state index < -0.39 is 0 Å². The van der Waals surface area contributed by atoms with E-state index in [9.17, 15) is 0 Å². The number of benzene rings is 1. The van der Waals surface area contributed by atoms with Crippen molar-refractivity contribution in [2.75, 3.05) is 0 Å². The fourth-order valence-corrected chi connectivity index (χ4v) is 0.938. The van der Waals surface area contributed by atoms with Crippen molar-refractivity contribution in [1.29, 1.82) is 0 Å². The fraction of sp³-hybridized carbons (Fsp3) is 0.793. The highest BCUT2D eigenvalue weighted by molar-refractivity contribution is 5.21. The van der Waals surface area contributed by atoms with Crippen LogP contribution in [0.2, 0.25) is 0 Å². The average molecular weight is 423 g/mol. The van der Waals surface area contributed by atoms with Crippen LogP contribution >= 0.6 is 0 Å². The summed E-state index contributed by atoms with van der Waals surface area (Å²) in [6, 6.07) is 10.6. The zero-order valence-corrected chi connectivity index (χ0v) is 15.9. The molecule has 0 aliphatic carbocycles. The molecule has 0 bridgehead atoms. The summed E-state index contributed by atoms with van der Waals surface area (Å²) < 4.78 is 0. The summed E-state index contributed by atoms with van der Waals surface area (Å²) in [5, 5.41) is 0. The summed E-state index contributed by atoms with van der Waals surface area (Å²) in [6.45, 7) is 24.2. The van der Waals surface area contributed by atoms with Crippen molar-refractivity contribution in [2.24, 2.45) is 10.8 Å². The normalized spacial score (nSPS) is 8.10. The van der Waals surface area contributed by atoms with Crippen molar-refractivity contribution in [3.63, 3.8) is 0 Å². The summed E-state index contributed by atoms with van der Waals surface area (Å²) >= 11 is 0. The average Bonchev–Trinajstić information content (AvgIpc) is 2.12. The molecule has 0 atom stereocenters. The Kier molecular flexibility index (Phi) is 71.5. The van der Waals surface area contributed by atoms with Crippen molar-refractivity contribution in [3.05, 3.63) is 35.9 Å². The second-order valence-electron chi connectivity index (χ2n) is 9.62. The molecule has 0 radical (unpaired) electrons. The first-order valence-corrected chi connectivity index (χ1v) is 7.66. The van der Waals surface area contributed by atoms with Crippen molar-refractivity contribution in [1.82, 2.24) is 0 Å². The predicted molar refractivity (Wildman–Crippen MR) is 156 cm³/mol. The van der Waals surface area contributed by atoms with E-state index in [2.05, 4.69) is 106 Å². The van der Waals surface area contributed by atoms with Gasteiger partial charge in [0.15, 0.2) is 0 Å². The van der Waals surface area contributed by atoms with Crippen LogP contribution in [0, 0.1) is 10.8 Å². The van der Waals surface area contributed by atoms with E-state index in [1.165, 1.54) is 5.56 Å². The van der Waals surface area contributed by atoms with E-state index in [-0.39, 0.29) is 66.8 Å². The molecule has 0 aliphatic rings. The molecule has 0 heterocycles. The van der Waals surface area contributed by atoms with Gasteiger partial charge in [-0.15, -0.1) is 0 Å². The van der Waals surface area contributed by atoms with Gasteiger partial charge >= 0.3 is 0 Å². The molecule has 0 aromatic heterocycles. The van der Waals surface area contributed by atoms with Gasteiger partial charge in [0.2, 0.25) is 0 Å². The van der Waals surface area contributed by atoms with E-state index >= 15 is 0 Å². The van der Waals surface area contributed by atoms with Crippen LogP contribution in [0.15, 0.2) is 30.3 Å². The molecule has 0 fully saturated rings. The molecule has 0 unspecified atom stereocenters. The van der Waals surface area contributed by atoms with Gasteiger partial charge in [0, 0.05) is 0 Å². The molecule has 0 aliphatic heterocycles. The van der Waals surface area contributed by atoms with Crippen LogP contribution in [0.5, 0.6) is 0 Å². The van der Waals surface area contributed by atoms with Gasteiger partial charge in [-0.25, -0.2) is 0 Å². The van der Waals surface area contributed by atoms with Gasteiger partial charge in [0.25, 0.3) is 0 Å². The Hall–Kier alpha value is -0.780. The van der Waals surface area contributed by atoms with Crippen LogP contribution in [-0.2, 0) is 5.41 Å². The third kappa shape index (κ3) is 99.1. The van der Waals surface area contributed by atoms with Crippen LogP contribution in [0.1, 0.15) is 149 Å². The van der Waals surface area contributed by atoms with Gasteiger partial charge in [-0.1, -0.05) is 173 Å². The van der Waals surface area contributed by atoms with E-state index in [0.29, 0.717) is 16.2 Å². The SMILES string of the molecule is C.C.C.C.C.C.C.C.C.CC(C)(C)C.CC(C)(C)C.CC(C)(C)c1ccccc1. The van der Waals surface area contributed by atoms with Crippen molar-refractivity contribution in [2.45, 2.75) is 148 Å². The van der Waals surface area contributed by atoms with Gasteiger partial charge in [0.1, 0.15) is 0 Å². The van der Waals surface area contributed by atoms with E-state index in [1.807, 2.05) is 0 Å². The maximum Gasteiger partial charge on any atom is -0.0132 e. The molecular formula is C29H74. The monoisotopic (exact) mass is 423 g/mol. The van der Waals surface area contributed by atoms with Crippen LogP contribution in [-0.4, -0.2) is 0 Å². The summed E-state index contributed by atoms with van der Waals surface area (Å²) in [4.78, 5) is 0. The van der Waals surface area contributed by atoms with Crippen LogP contribution in [0.25, 0.3) is 0 Å². The van der Waals surface area contributed by atoms with Gasteiger partial charge in [-0.3, -0.25) is 0 Å². The Morgan fingerprint density at radius 2 is 0.552 bits per heavy atom. The number of hydrogen-bond acceptors (Lipinski definition) is 0. The topological polar surface area (TPSA) is 0 Å². The Labute approximate surface area is 195 Å². The maximum atomic E-state index is 2.22. The van der Waals surface area contributed by atoms with Crippen molar-refractivity contribution < 1.29 is 0 Å². The molecular weight excluding hydrogens is 348 g/mol. The highest BCUT2D eigenvalue weighted by Gasteiger charge is 2.11. The van der Waals surface area contributed by atoms with Gasteiger partial charge in [0.05, 0.1) is 0 Å². The van der Waals surface area contributed by atoms with Gasteiger partial charge < -0.3 is 0 Å². The molecule has 0 spiro atoms. The van der Waals surface area contributed by atoms with Crippen molar-refractivity contribution >= 4 is 0 Å². The van der Waals surface area contributed by atoms with E-state index in [0.717, 1.165) is 0 Å². The summed E-state index contributed by atoms with van der Waals surface area (Å²) in [6.07, 6.45) is 0. The first-order valence-electron chi connectivity index (χ1n) is 7.66. The van der Waals surface area contributed by atoms with Gasteiger partial charge in [-0.05, 0) is 21.8 Å². The lowest BCUT2D eigenvalue weighted by Gasteiger charge is -2.18. The zero-order chi connectivity index (χ0) is 16.6. The Morgan fingerprint density at radius 1 is 0.379 bits per heavy atom. The quantitative estimate of drug-likeness (QED) is 0.389. The van der Waals surface area contributed by atoms with Gasteiger partial charge in [-0.2, -0.15) is 0 Å². The molecule has 0 saturated carbocycles. The van der Waals surface area contributed by atoms with Crippen LogP contribution in [0.3, 0.4) is 0 Å². The Balaban J connectivity index is -0.0000000172. The minimum atomic E-state index is 0. The lowest BCUT2D eigenvalue weighted by atomic mass is 9.87. The largest absolute Gasteiger partial charge is 0.0776 e. The minimum Gasteiger partial charge on any atom is -0.0776 e. The lowest BCUT2D eigenvalue weighted by Crippen LogP contribution is -2.10. The highest BCUT2D eigenvalue weighted by Crippen LogP contribution is 2.20. The molecule has 1 rings (SSSR count). The first-order chi connectivity index (χ1) is 8.61.